The molecule has 0 aromatic rings. The van der Waals surface area contributed by atoms with Crippen LogP contribution in [0.5, 0.6) is 0 Å². The summed E-state index contributed by atoms with van der Waals surface area (Å²) in [6, 6.07) is 0. The minimum atomic E-state index is -1.83. The van der Waals surface area contributed by atoms with E-state index in [1.807, 2.05) is 0 Å². The summed E-state index contributed by atoms with van der Waals surface area (Å²) in [6.45, 7) is 0. The van der Waals surface area contributed by atoms with Crippen molar-refractivity contribution in [3.8, 4) is 0 Å². The molecule has 35 heteroatoms. The van der Waals surface area contributed by atoms with Gasteiger partial charge >= 0.3 is 250 Å². The van der Waals surface area contributed by atoms with Crippen molar-refractivity contribution in [1.82, 2.24) is 0 Å². The standard InChI is InChI=1S/10CH2O3.5Ca.10H/c10*2-1(3)4;;;;;;;;;;;;;;;/h10*(H2,2,3,4);;;;;;;;;;;;;;;. The third-order valence-electron chi connectivity index (χ3n) is 0. The van der Waals surface area contributed by atoms with Gasteiger partial charge in [0.05, 0.1) is 0 Å². The number of hydrogen-bond acceptors (Lipinski definition) is 10. The van der Waals surface area contributed by atoms with E-state index in [0.29, 0.717) is 0 Å². The Morgan fingerprint density at radius 1 is 0.156 bits per heavy atom. The van der Waals surface area contributed by atoms with Crippen molar-refractivity contribution in [3.05, 3.63) is 0 Å². The number of carbonyl (C=O) groups is 10. The van der Waals surface area contributed by atoms with Crippen LogP contribution < -0.4 is 0 Å². The van der Waals surface area contributed by atoms with Crippen molar-refractivity contribution >= 4 is 250 Å². The predicted molar refractivity (Wildman–Crippen MR) is 149 cm³/mol. The molecular formula is C10H30Ca5O30. The Morgan fingerprint density at radius 3 is 0.156 bits per heavy atom. The second kappa shape index (κ2) is 90.2. The SMILES string of the molecule is O=C(O)O.O=C(O)O.O=C(O)O.O=C(O)O.O=C(O)O.O=C(O)O.O=C(O)O.O=C(O)O.O=C(O)O.O=C(O)O.[CaH2].[CaH2].[CaH2].[CaH2].[CaH2]. The fourth-order valence-electron chi connectivity index (χ4n) is 0. The van der Waals surface area contributed by atoms with Crippen LogP contribution in [0.25, 0.3) is 0 Å². The molecule has 0 fully saturated rings. The molecule has 0 radical (unpaired) electrons. The van der Waals surface area contributed by atoms with Crippen molar-refractivity contribution < 1.29 is 150 Å². The number of hydrogen-bond donors (Lipinski definition) is 20. The number of rotatable bonds is 0. The van der Waals surface area contributed by atoms with E-state index < -0.39 is 61.6 Å². The Morgan fingerprint density at radius 2 is 0.156 bits per heavy atom. The van der Waals surface area contributed by atoms with Gasteiger partial charge in [-0.2, -0.15) is 0 Å². The molecule has 0 heterocycles. The summed E-state index contributed by atoms with van der Waals surface area (Å²) in [6.07, 6.45) is -18.3. The Kier molecular flexibility index (Phi) is 194. The second-order valence-corrected chi connectivity index (χ2v) is 2.83. The average Bonchev–Trinajstić information content (AvgIpc) is 2.47. The average molecular weight is 831 g/mol. The first kappa shape index (κ1) is 96.7. The minimum absolute atomic E-state index is 0. The van der Waals surface area contributed by atoms with Crippen LogP contribution in [0.2, 0.25) is 0 Å². The maximum atomic E-state index is 8.56. The number of carboxylic acid groups (broad SMARTS) is 20. The Bertz CT molecular complexity index is 485. The van der Waals surface area contributed by atoms with Gasteiger partial charge in [-0.25, -0.2) is 47.9 Å². The zero-order valence-electron chi connectivity index (χ0n) is 18.0. The molecule has 0 rings (SSSR count). The van der Waals surface area contributed by atoms with Crippen LogP contribution in [0.3, 0.4) is 0 Å². The monoisotopic (exact) mass is 830 g/mol. The van der Waals surface area contributed by atoms with Crippen molar-refractivity contribution in [1.29, 1.82) is 0 Å². The first-order valence-electron chi connectivity index (χ1n) is 6.51. The van der Waals surface area contributed by atoms with E-state index in [1.54, 1.807) is 0 Å². The van der Waals surface area contributed by atoms with E-state index in [0.717, 1.165) is 0 Å². The van der Waals surface area contributed by atoms with Gasteiger partial charge in [-0.05, 0) is 0 Å². The molecule has 0 aliphatic carbocycles. The molecule has 0 saturated heterocycles. The molecule has 260 valence electrons. The van der Waals surface area contributed by atoms with Crippen LogP contribution in [0.4, 0.5) is 47.9 Å². The van der Waals surface area contributed by atoms with Gasteiger partial charge in [0.15, 0.2) is 0 Å². The summed E-state index contributed by atoms with van der Waals surface area (Å²) in [5.74, 6) is 0. The van der Waals surface area contributed by atoms with Gasteiger partial charge < -0.3 is 102 Å². The van der Waals surface area contributed by atoms with E-state index in [2.05, 4.69) is 0 Å². The predicted octanol–water partition coefficient (Wildman–Crippen LogP) is -2.36. The molecule has 0 saturated carbocycles. The van der Waals surface area contributed by atoms with Gasteiger partial charge in [-0.15, -0.1) is 0 Å². The Labute approximate surface area is 393 Å². The molecule has 0 bridgehead atoms. The van der Waals surface area contributed by atoms with Crippen molar-refractivity contribution in [2.45, 2.75) is 0 Å². The van der Waals surface area contributed by atoms with E-state index in [9.17, 15) is 0 Å². The molecule has 0 unspecified atom stereocenters. The first-order chi connectivity index (χ1) is 17.3. The molecular weight excluding hydrogens is 800 g/mol. The maximum absolute atomic E-state index is 8.56. The van der Waals surface area contributed by atoms with Gasteiger partial charge in [-0.3, -0.25) is 0 Å². The zero-order chi connectivity index (χ0) is 35.8. The second-order valence-electron chi connectivity index (χ2n) is 2.83. The molecule has 45 heavy (non-hydrogen) atoms. The Hall–Kier alpha value is -1.00. The fraction of sp³-hybridized carbons (Fsp3) is 0. The van der Waals surface area contributed by atoms with Crippen LogP contribution in [0.15, 0.2) is 0 Å². The van der Waals surface area contributed by atoms with Gasteiger partial charge in [0.25, 0.3) is 0 Å². The van der Waals surface area contributed by atoms with Crippen LogP contribution in [-0.2, 0) is 0 Å². The zero-order valence-corrected chi connectivity index (χ0v) is 18.0. The van der Waals surface area contributed by atoms with Crippen LogP contribution in [0, 0.1) is 0 Å². The van der Waals surface area contributed by atoms with Crippen molar-refractivity contribution in [2.24, 2.45) is 0 Å². The van der Waals surface area contributed by atoms with Gasteiger partial charge in [0.1, 0.15) is 0 Å². The molecule has 0 aromatic heterocycles. The Balaban J connectivity index is -0.0000000169. The summed E-state index contributed by atoms with van der Waals surface area (Å²) < 4.78 is 0. The molecule has 0 atom stereocenters. The van der Waals surface area contributed by atoms with Crippen molar-refractivity contribution in [3.63, 3.8) is 0 Å². The summed E-state index contributed by atoms with van der Waals surface area (Å²) in [5, 5.41) is 139. The summed E-state index contributed by atoms with van der Waals surface area (Å²) in [4.78, 5) is 85.6. The molecule has 0 amide bonds. The third-order valence-corrected chi connectivity index (χ3v) is 0. The van der Waals surface area contributed by atoms with Crippen LogP contribution in [0.1, 0.15) is 0 Å². The van der Waals surface area contributed by atoms with Gasteiger partial charge in [-0.1, -0.05) is 0 Å². The van der Waals surface area contributed by atoms with E-state index in [-0.39, 0.29) is 189 Å². The van der Waals surface area contributed by atoms with E-state index in [1.165, 1.54) is 0 Å². The van der Waals surface area contributed by atoms with E-state index >= 15 is 0 Å². The van der Waals surface area contributed by atoms with Crippen LogP contribution >= 0.6 is 0 Å². The van der Waals surface area contributed by atoms with E-state index in [4.69, 9.17) is 150 Å². The molecule has 30 nitrogen and oxygen atoms in total. The summed E-state index contributed by atoms with van der Waals surface area (Å²) in [7, 11) is 0. The summed E-state index contributed by atoms with van der Waals surface area (Å²) in [5.41, 5.74) is 0. The molecule has 0 aromatic carbocycles. The van der Waals surface area contributed by atoms with Gasteiger partial charge in [0.2, 0.25) is 0 Å². The topological polar surface area (TPSA) is 575 Å². The molecule has 20 N–H and O–H groups in total. The van der Waals surface area contributed by atoms with Crippen molar-refractivity contribution in [2.75, 3.05) is 0 Å². The molecule has 0 aliphatic heterocycles. The third kappa shape index (κ3) is 72100. The summed E-state index contributed by atoms with van der Waals surface area (Å²) >= 11 is 0. The molecule has 0 spiro atoms. The quantitative estimate of drug-likeness (QED) is 0.114. The van der Waals surface area contributed by atoms with Gasteiger partial charge in [0, 0.05) is 0 Å². The first-order valence-corrected chi connectivity index (χ1v) is 6.51. The normalized spacial score (nSPS) is 5.33. The van der Waals surface area contributed by atoms with Crippen LogP contribution in [-0.4, -0.2) is 352 Å². The molecule has 0 aliphatic rings. The fourth-order valence-corrected chi connectivity index (χ4v) is 0.